The number of alkyl halides is 3. The minimum absolute atomic E-state index is 0.000167. The Labute approximate surface area is 235 Å². The van der Waals surface area contributed by atoms with E-state index in [9.17, 15) is 35.6 Å². The molecule has 41 heavy (non-hydrogen) atoms. The van der Waals surface area contributed by atoms with E-state index in [-0.39, 0.29) is 40.9 Å². The molecule has 0 saturated heterocycles. The van der Waals surface area contributed by atoms with Gasteiger partial charge in [0.15, 0.2) is 5.82 Å². The van der Waals surface area contributed by atoms with E-state index in [1.807, 2.05) is 0 Å². The third kappa shape index (κ3) is 6.48. The van der Waals surface area contributed by atoms with Crippen molar-refractivity contribution in [1.82, 2.24) is 15.3 Å². The molecule has 0 saturated carbocycles. The molecule has 3 aromatic rings. The minimum Gasteiger partial charge on any atom is -0.484 e. The quantitative estimate of drug-likeness (QED) is 0.331. The number of amides is 2. The van der Waals surface area contributed by atoms with E-state index in [1.165, 1.54) is 24.5 Å². The van der Waals surface area contributed by atoms with Crippen LogP contribution in [-0.2, 0) is 14.8 Å². The van der Waals surface area contributed by atoms with Crippen molar-refractivity contribution in [3.8, 4) is 5.75 Å². The zero-order chi connectivity index (χ0) is 30.2. The second-order valence-corrected chi connectivity index (χ2v) is 11.5. The third-order valence-electron chi connectivity index (χ3n) is 5.85. The van der Waals surface area contributed by atoms with Gasteiger partial charge < -0.3 is 19.8 Å². The molecular formula is C24H22ClF4N5O6S. The lowest BCUT2D eigenvalue weighted by atomic mass is 10.1. The SMILES string of the molecule is CC(C)(OC(=O)Nc1ccc2c(c1)N(S(=O)(=O)c1ccc(F)c(Cl)c1)C[C@H](CNC(=O)c1ncc[nH]1)O2)C(F)(F)F. The number of aromatic amines is 1. The van der Waals surface area contributed by atoms with Gasteiger partial charge in [0.05, 0.1) is 28.7 Å². The largest absolute Gasteiger partial charge is 0.484 e. The lowest BCUT2D eigenvalue weighted by Gasteiger charge is -2.36. The molecule has 2 aromatic carbocycles. The van der Waals surface area contributed by atoms with E-state index in [2.05, 4.69) is 25.3 Å². The third-order valence-corrected chi connectivity index (χ3v) is 7.92. The van der Waals surface area contributed by atoms with Crippen molar-refractivity contribution < 1.29 is 45.0 Å². The summed E-state index contributed by atoms with van der Waals surface area (Å²) in [5.41, 5.74) is -3.02. The Morgan fingerprint density at radius 1 is 1.22 bits per heavy atom. The fourth-order valence-electron chi connectivity index (χ4n) is 3.60. The van der Waals surface area contributed by atoms with E-state index in [0.29, 0.717) is 13.8 Å². The average Bonchev–Trinajstić information content (AvgIpc) is 3.42. The van der Waals surface area contributed by atoms with Gasteiger partial charge in [-0.1, -0.05) is 11.6 Å². The van der Waals surface area contributed by atoms with E-state index < -0.39 is 50.7 Å². The van der Waals surface area contributed by atoms with Gasteiger partial charge in [-0.25, -0.2) is 22.6 Å². The number of carbonyl (C=O) groups excluding carboxylic acids is 2. The fourth-order valence-corrected chi connectivity index (χ4v) is 5.37. The summed E-state index contributed by atoms with van der Waals surface area (Å²) in [4.78, 5) is 30.6. The molecule has 11 nitrogen and oxygen atoms in total. The summed E-state index contributed by atoms with van der Waals surface area (Å²) in [7, 11) is -4.44. The molecule has 1 aliphatic heterocycles. The number of aromatic nitrogens is 2. The van der Waals surface area contributed by atoms with Crippen molar-refractivity contribution in [3.63, 3.8) is 0 Å². The van der Waals surface area contributed by atoms with Crippen molar-refractivity contribution in [2.75, 3.05) is 22.7 Å². The Balaban J connectivity index is 1.64. The first kappa shape index (κ1) is 29.9. The van der Waals surface area contributed by atoms with Gasteiger partial charge in [-0.2, -0.15) is 13.2 Å². The molecule has 220 valence electrons. The normalized spacial score (nSPS) is 15.5. The Hall–Kier alpha value is -4.05. The van der Waals surface area contributed by atoms with Gasteiger partial charge in [-0.05, 0) is 50.2 Å². The molecule has 3 N–H and O–H groups in total. The molecule has 1 aliphatic rings. The zero-order valence-electron chi connectivity index (χ0n) is 21.3. The molecule has 1 aromatic heterocycles. The summed E-state index contributed by atoms with van der Waals surface area (Å²) in [6, 6.07) is 6.46. The van der Waals surface area contributed by atoms with E-state index in [0.717, 1.165) is 28.6 Å². The smallest absolute Gasteiger partial charge is 0.427 e. The summed E-state index contributed by atoms with van der Waals surface area (Å²) in [6.45, 7) is 0.812. The maximum Gasteiger partial charge on any atom is 0.427 e. The van der Waals surface area contributed by atoms with Gasteiger partial charge in [-0.3, -0.25) is 14.4 Å². The molecule has 0 spiro atoms. The number of ether oxygens (including phenoxy) is 2. The second kappa shape index (κ2) is 11.1. The lowest BCUT2D eigenvalue weighted by molar-refractivity contribution is -0.242. The van der Waals surface area contributed by atoms with Crippen molar-refractivity contribution in [2.45, 2.75) is 36.6 Å². The Morgan fingerprint density at radius 3 is 2.59 bits per heavy atom. The van der Waals surface area contributed by atoms with Crippen LogP contribution in [0.1, 0.15) is 24.5 Å². The minimum atomic E-state index is -4.85. The summed E-state index contributed by atoms with van der Waals surface area (Å²) < 4.78 is 91.7. The molecule has 17 heteroatoms. The number of imidazole rings is 1. The van der Waals surface area contributed by atoms with Crippen molar-refractivity contribution in [1.29, 1.82) is 0 Å². The van der Waals surface area contributed by atoms with Gasteiger partial charge in [0.25, 0.3) is 15.9 Å². The van der Waals surface area contributed by atoms with Crippen LogP contribution >= 0.6 is 11.6 Å². The van der Waals surface area contributed by atoms with Gasteiger partial charge in [0, 0.05) is 18.1 Å². The fraction of sp³-hybridized carbons (Fsp3) is 0.292. The summed E-state index contributed by atoms with van der Waals surface area (Å²) >= 11 is 5.81. The molecular weight excluding hydrogens is 598 g/mol. The van der Waals surface area contributed by atoms with Crippen molar-refractivity contribution in [2.24, 2.45) is 0 Å². The molecule has 1 atom stereocenters. The number of fused-ring (bicyclic) bond motifs is 1. The second-order valence-electron chi connectivity index (χ2n) is 9.20. The van der Waals surface area contributed by atoms with Gasteiger partial charge in [0.1, 0.15) is 17.7 Å². The Kier molecular flexibility index (Phi) is 8.09. The van der Waals surface area contributed by atoms with Crippen LogP contribution in [0.25, 0.3) is 0 Å². The molecule has 0 bridgehead atoms. The van der Waals surface area contributed by atoms with E-state index >= 15 is 0 Å². The Bertz CT molecular complexity index is 1570. The number of H-pyrrole nitrogens is 1. The molecule has 0 unspecified atom stereocenters. The van der Waals surface area contributed by atoms with Crippen LogP contribution in [0.15, 0.2) is 53.7 Å². The highest BCUT2D eigenvalue weighted by Gasteiger charge is 2.51. The number of nitrogens with zero attached hydrogens (tertiary/aromatic N) is 2. The molecule has 0 aliphatic carbocycles. The van der Waals surface area contributed by atoms with E-state index in [1.54, 1.807) is 0 Å². The maximum atomic E-state index is 13.8. The number of halogens is 5. The number of carbonyl (C=O) groups is 2. The van der Waals surface area contributed by atoms with Gasteiger partial charge in [0.2, 0.25) is 5.60 Å². The zero-order valence-corrected chi connectivity index (χ0v) is 22.8. The predicted molar refractivity (Wildman–Crippen MR) is 138 cm³/mol. The van der Waals surface area contributed by atoms with Crippen LogP contribution in [0.4, 0.5) is 33.7 Å². The van der Waals surface area contributed by atoms with E-state index in [4.69, 9.17) is 16.3 Å². The summed E-state index contributed by atoms with van der Waals surface area (Å²) in [5, 5.41) is 4.26. The number of rotatable bonds is 7. The van der Waals surface area contributed by atoms with Gasteiger partial charge in [-0.15, -0.1) is 0 Å². The van der Waals surface area contributed by atoms with Crippen LogP contribution in [-0.4, -0.2) is 61.4 Å². The highest BCUT2D eigenvalue weighted by molar-refractivity contribution is 7.92. The van der Waals surface area contributed by atoms with Crippen LogP contribution in [0.5, 0.6) is 5.75 Å². The molecule has 0 fully saturated rings. The number of anilines is 2. The standard InChI is InChI=1S/C24H22ClF4N5O6S/c1-23(2,24(27,28)29)40-22(36)33-13-3-6-19-18(9-13)34(41(37,38)15-4-5-17(26)16(25)10-15)12-14(39-19)11-32-21(35)20-30-7-8-31-20/h3-10,14H,11-12H2,1-2H3,(H,30,31)(H,32,35)(H,33,36)/t14-/m0/s1. The predicted octanol–water partition coefficient (Wildman–Crippen LogP) is 4.48. The first-order valence-corrected chi connectivity index (χ1v) is 13.5. The number of hydrogen-bond acceptors (Lipinski definition) is 7. The maximum absolute atomic E-state index is 13.8. The first-order valence-electron chi connectivity index (χ1n) is 11.7. The number of hydrogen-bond donors (Lipinski definition) is 3. The van der Waals surface area contributed by atoms with Crippen LogP contribution in [0, 0.1) is 5.82 Å². The number of sulfonamides is 1. The number of benzene rings is 2. The molecule has 4 rings (SSSR count). The number of nitrogens with one attached hydrogen (secondary N) is 3. The Morgan fingerprint density at radius 2 is 1.95 bits per heavy atom. The summed E-state index contributed by atoms with van der Waals surface area (Å²) in [5.74, 6) is -1.41. The first-order chi connectivity index (χ1) is 19.1. The van der Waals surface area contributed by atoms with Gasteiger partial charge >= 0.3 is 12.3 Å². The lowest BCUT2D eigenvalue weighted by Crippen LogP contribution is -2.48. The van der Waals surface area contributed by atoms with Crippen LogP contribution in [0.2, 0.25) is 5.02 Å². The molecule has 0 radical (unpaired) electrons. The van der Waals surface area contributed by atoms with Crippen molar-refractivity contribution >= 4 is 45.0 Å². The van der Waals surface area contributed by atoms with Crippen LogP contribution < -0.4 is 19.7 Å². The highest BCUT2D eigenvalue weighted by Crippen LogP contribution is 2.40. The molecule has 2 heterocycles. The van der Waals surface area contributed by atoms with Crippen LogP contribution in [0.3, 0.4) is 0 Å². The average molecular weight is 620 g/mol. The van der Waals surface area contributed by atoms with Crippen molar-refractivity contribution in [3.05, 3.63) is 65.5 Å². The highest BCUT2D eigenvalue weighted by atomic mass is 35.5. The monoisotopic (exact) mass is 619 g/mol. The topological polar surface area (TPSA) is 143 Å². The summed E-state index contributed by atoms with van der Waals surface area (Å²) in [6.07, 6.45) is -4.41. The molecule has 2 amide bonds.